The SMILES string of the molecule is CCCCC(CO)(CCC)COCCCC(CO)(CO)C(F)(F)F. The van der Waals surface area contributed by atoms with E-state index >= 15 is 0 Å². The Balaban J connectivity index is 4.47. The Morgan fingerprint density at radius 2 is 1.42 bits per heavy atom. The van der Waals surface area contributed by atoms with Gasteiger partial charge in [-0.1, -0.05) is 33.1 Å². The van der Waals surface area contributed by atoms with Gasteiger partial charge < -0.3 is 20.1 Å². The topological polar surface area (TPSA) is 69.9 Å². The Hall–Kier alpha value is -0.370. The molecular weight excluding hydrogens is 325 g/mol. The zero-order chi connectivity index (χ0) is 18.7. The molecule has 146 valence electrons. The van der Waals surface area contributed by atoms with Crippen molar-refractivity contribution >= 4 is 0 Å². The van der Waals surface area contributed by atoms with Crippen LogP contribution in [0.5, 0.6) is 0 Å². The van der Waals surface area contributed by atoms with E-state index in [0.29, 0.717) is 6.61 Å². The second-order valence-corrected chi connectivity index (χ2v) is 6.76. The minimum atomic E-state index is -4.66. The third-order valence-electron chi connectivity index (χ3n) is 4.74. The number of rotatable bonds is 14. The molecule has 0 spiro atoms. The van der Waals surface area contributed by atoms with Crippen molar-refractivity contribution in [1.82, 2.24) is 0 Å². The molecule has 0 aliphatic carbocycles. The minimum absolute atomic E-state index is 0.000604. The maximum absolute atomic E-state index is 13.0. The summed E-state index contributed by atoms with van der Waals surface area (Å²) in [7, 11) is 0. The second-order valence-electron chi connectivity index (χ2n) is 6.76. The van der Waals surface area contributed by atoms with Gasteiger partial charge in [-0.05, 0) is 25.7 Å². The number of hydrogen-bond donors (Lipinski definition) is 3. The van der Waals surface area contributed by atoms with Crippen molar-refractivity contribution in [3.63, 3.8) is 0 Å². The van der Waals surface area contributed by atoms with E-state index in [2.05, 4.69) is 6.92 Å². The van der Waals surface area contributed by atoms with Crippen LogP contribution in [0.4, 0.5) is 13.2 Å². The van der Waals surface area contributed by atoms with Gasteiger partial charge in [-0.2, -0.15) is 13.2 Å². The van der Waals surface area contributed by atoms with Crippen LogP contribution in [0.2, 0.25) is 0 Å². The fourth-order valence-corrected chi connectivity index (χ4v) is 2.89. The summed E-state index contributed by atoms with van der Waals surface area (Å²) in [6.45, 7) is 2.23. The molecule has 24 heavy (non-hydrogen) atoms. The van der Waals surface area contributed by atoms with Gasteiger partial charge in [-0.15, -0.1) is 0 Å². The summed E-state index contributed by atoms with van der Waals surface area (Å²) < 4.78 is 44.5. The van der Waals surface area contributed by atoms with Crippen molar-refractivity contribution in [3.05, 3.63) is 0 Å². The van der Waals surface area contributed by atoms with Crippen LogP contribution < -0.4 is 0 Å². The zero-order valence-corrected chi connectivity index (χ0v) is 14.9. The lowest BCUT2D eigenvalue weighted by atomic mass is 9.80. The van der Waals surface area contributed by atoms with E-state index in [0.717, 1.165) is 32.1 Å². The first-order valence-corrected chi connectivity index (χ1v) is 8.73. The summed E-state index contributed by atoms with van der Waals surface area (Å²) in [6, 6.07) is 0. The van der Waals surface area contributed by atoms with Crippen molar-refractivity contribution in [2.45, 2.75) is 65.0 Å². The molecule has 0 aromatic heterocycles. The highest BCUT2D eigenvalue weighted by Crippen LogP contribution is 2.41. The van der Waals surface area contributed by atoms with Gasteiger partial charge in [0.2, 0.25) is 0 Å². The highest BCUT2D eigenvalue weighted by atomic mass is 19.4. The minimum Gasteiger partial charge on any atom is -0.396 e. The normalized spacial score (nSPS) is 15.5. The summed E-state index contributed by atoms with van der Waals surface area (Å²) in [5, 5.41) is 27.8. The molecule has 0 saturated heterocycles. The van der Waals surface area contributed by atoms with E-state index in [9.17, 15) is 18.3 Å². The zero-order valence-electron chi connectivity index (χ0n) is 14.9. The smallest absolute Gasteiger partial charge is 0.396 e. The fourth-order valence-electron chi connectivity index (χ4n) is 2.89. The molecule has 3 N–H and O–H groups in total. The molecule has 0 aliphatic rings. The summed E-state index contributed by atoms with van der Waals surface area (Å²) in [5.41, 5.74) is -2.81. The molecule has 0 bridgehead atoms. The van der Waals surface area contributed by atoms with Gasteiger partial charge in [-0.25, -0.2) is 0 Å². The van der Waals surface area contributed by atoms with Crippen LogP contribution in [-0.4, -0.2) is 54.5 Å². The Morgan fingerprint density at radius 1 is 0.792 bits per heavy atom. The van der Waals surface area contributed by atoms with Gasteiger partial charge in [0.05, 0.1) is 26.4 Å². The molecule has 0 amide bonds. The maximum atomic E-state index is 13.0. The molecular formula is C17H33F3O4. The average Bonchev–Trinajstić information content (AvgIpc) is 2.55. The Labute approximate surface area is 143 Å². The van der Waals surface area contributed by atoms with Crippen LogP contribution >= 0.6 is 0 Å². The van der Waals surface area contributed by atoms with Crippen LogP contribution in [0, 0.1) is 10.8 Å². The fraction of sp³-hybridized carbons (Fsp3) is 1.00. The number of aliphatic hydroxyl groups is 3. The van der Waals surface area contributed by atoms with Gasteiger partial charge in [0.1, 0.15) is 5.41 Å². The second kappa shape index (κ2) is 11.3. The first-order chi connectivity index (χ1) is 11.3. The molecule has 7 heteroatoms. The van der Waals surface area contributed by atoms with Crippen LogP contribution in [0.25, 0.3) is 0 Å². The van der Waals surface area contributed by atoms with E-state index in [1.807, 2.05) is 6.92 Å². The van der Waals surface area contributed by atoms with Crippen molar-refractivity contribution in [1.29, 1.82) is 0 Å². The molecule has 0 heterocycles. The molecule has 0 radical (unpaired) electrons. The lowest BCUT2D eigenvalue weighted by Gasteiger charge is -2.33. The van der Waals surface area contributed by atoms with Crippen LogP contribution in [0.3, 0.4) is 0 Å². The highest BCUT2D eigenvalue weighted by molar-refractivity contribution is 4.85. The van der Waals surface area contributed by atoms with E-state index in [1.54, 1.807) is 0 Å². The van der Waals surface area contributed by atoms with Gasteiger partial charge in [0.25, 0.3) is 0 Å². The first-order valence-electron chi connectivity index (χ1n) is 8.73. The van der Waals surface area contributed by atoms with Crippen molar-refractivity contribution in [2.75, 3.05) is 33.0 Å². The third kappa shape index (κ3) is 6.86. The van der Waals surface area contributed by atoms with E-state index in [4.69, 9.17) is 14.9 Å². The van der Waals surface area contributed by atoms with Crippen LogP contribution in [-0.2, 0) is 4.74 Å². The van der Waals surface area contributed by atoms with Crippen molar-refractivity contribution in [2.24, 2.45) is 10.8 Å². The number of hydrogen-bond acceptors (Lipinski definition) is 4. The molecule has 1 unspecified atom stereocenters. The maximum Gasteiger partial charge on any atom is 0.398 e. The molecule has 0 rings (SSSR count). The molecule has 4 nitrogen and oxygen atoms in total. The first kappa shape index (κ1) is 23.6. The highest BCUT2D eigenvalue weighted by Gasteiger charge is 2.53. The van der Waals surface area contributed by atoms with Gasteiger partial charge >= 0.3 is 6.18 Å². The Bertz CT molecular complexity index is 319. The lowest BCUT2D eigenvalue weighted by Crippen LogP contribution is -2.44. The van der Waals surface area contributed by atoms with Crippen LogP contribution in [0.15, 0.2) is 0 Å². The molecule has 1 atom stereocenters. The summed E-state index contributed by atoms with van der Waals surface area (Å²) in [4.78, 5) is 0. The number of aliphatic hydroxyl groups excluding tert-OH is 3. The van der Waals surface area contributed by atoms with Gasteiger partial charge in [0.15, 0.2) is 0 Å². The molecule has 0 aliphatic heterocycles. The summed E-state index contributed by atoms with van der Waals surface area (Å²) >= 11 is 0. The summed E-state index contributed by atoms with van der Waals surface area (Å²) in [6.07, 6.45) is -0.450. The standard InChI is InChI=1S/C17H33F3O4/c1-3-5-8-15(11-21,7-4-2)14-24-10-6-9-16(12-22,13-23)17(18,19)20/h21-23H,3-14H2,1-2H3. The predicted molar refractivity (Wildman–Crippen MR) is 86.7 cm³/mol. The monoisotopic (exact) mass is 358 g/mol. The Morgan fingerprint density at radius 3 is 1.83 bits per heavy atom. The molecule has 0 aromatic carbocycles. The lowest BCUT2D eigenvalue weighted by molar-refractivity contribution is -0.250. The van der Waals surface area contributed by atoms with E-state index in [-0.39, 0.29) is 25.0 Å². The predicted octanol–water partition coefficient (Wildman–Crippen LogP) is 3.29. The number of alkyl halides is 3. The largest absolute Gasteiger partial charge is 0.398 e. The van der Waals surface area contributed by atoms with Crippen LogP contribution in [0.1, 0.15) is 58.8 Å². The van der Waals surface area contributed by atoms with Crippen molar-refractivity contribution in [3.8, 4) is 0 Å². The number of ether oxygens (including phenoxy) is 1. The quantitative estimate of drug-likeness (QED) is 0.417. The Kier molecular flexibility index (Phi) is 11.1. The van der Waals surface area contributed by atoms with E-state index < -0.39 is 31.2 Å². The van der Waals surface area contributed by atoms with E-state index in [1.165, 1.54) is 0 Å². The molecule has 0 fully saturated rings. The number of unbranched alkanes of at least 4 members (excludes halogenated alkanes) is 1. The third-order valence-corrected chi connectivity index (χ3v) is 4.74. The molecule has 0 saturated carbocycles. The number of halogens is 3. The van der Waals surface area contributed by atoms with Crippen molar-refractivity contribution < 1.29 is 33.2 Å². The van der Waals surface area contributed by atoms with Gasteiger partial charge in [-0.3, -0.25) is 0 Å². The average molecular weight is 358 g/mol. The molecule has 0 aromatic rings. The summed E-state index contributed by atoms with van der Waals surface area (Å²) in [5.74, 6) is 0. The van der Waals surface area contributed by atoms with Gasteiger partial charge in [0, 0.05) is 12.0 Å².